The molecular formula is C31H39N3O4S. The molecular weight excluding hydrogens is 510 g/mol. The van der Waals surface area contributed by atoms with Crippen LogP contribution in [0.15, 0.2) is 83.8 Å². The Morgan fingerprint density at radius 2 is 1.41 bits per heavy atom. The van der Waals surface area contributed by atoms with E-state index < -0.39 is 34.1 Å². The normalized spacial score (nSPS) is 12.5. The summed E-state index contributed by atoms with van der Waals surface area (Å²) in [5, 5.41) is 2.99. The summed E-state index contributed by atoms with van der Waals surface area (Å²) in [6, 6.07) is 22.0. The Labute approximate surface area is 232 Å². The summed E-state index contributed by atoms with van der Waals surface area (Å²) in [6.07, 6.45) is 0.370. The lowest BCUT2D eigenvalue weighted by atomic mass is 10.0. The molecule has 2 amide bonds. The summed E-state index contributed by atoms with van der Waals surface area (Å²) in [5.74, 6) is -0.739. The van der Waals surface area contributed by atoms with Crippen molar-refractivity contribution < 1.29 is 18.0 Å². The van der Waals surface area contributed by atoms with Crippen LogP contribution in [-0.2, 0) is 26.2 Å². The van der Waals surface area contributed by atoms with Crippen molar-refractivity contribution in [3.63, 3.8) is 0 Å². The van der Waals surface area contributed by atoms with Crippen LogP contribution in [0.4, 0.5) is 5.69 Å². The predicted molar refractivity (Wildman–Crippen MR) is 156 cm³/mol. The Kier molecular flexibility index (Phi) is 9.56. The van der Waals surface area contributed by atoms with Crippen LogP contribution in [0.2, 0.25) is 0 Å². The number of nitrogens with zero attached hydrogens (tertiary/aromatic N) is 2. The number of anilines is 1. The third kappa shape index (κ3) is 7.47. The first-order valence-corrected chi connectivity index (χ1v) is 14.6. The van der Waals surface area contributed by atoms with Crippen molar-refractivity contribution in [1.29, 1.82) is 0 Å². The number of aryl methyl sites for hydroxylation is 2. The molecule has 0 unspecified atom stereocenters. The monoisotopic (exact) mass is 549 g/mol. The molecule has 0 aromatic heterocycles. The highest BCUT2D eigenvalue weighted by Gasteiger charge is 2.35. The van der Waals surface area contributed by atoms with E-state index in [4.69, 9.17) is 0 Å². The second-order valence-electron chi connectivity index (χ2n) is 10.7. The van der Waals surface area contributed by atoms with Gasteiger partial charge in [-0.3, -0.25) is 13.9 Å². The first-order chi connectivity index (χ1) is 18.3. The third-order valence-electron chi connectivity index (χ3n) is 6.48. The lowest BCUT2D eigenvalue weighted by Gasteiger charge is -2.35. The molecule has 0 spiro atoms. The van der Waals surface area contributed by atoms with E-state index in [0.29, 0.717) is 17.7 Å². The zero-order chi connectivity index (χ0) is 28.8. The molecule has 0 aliphatic heterocycles. The van der Waals surface area contributed by atoms with Crippen molar-refractivity contribution in [3.05, 3.63) is 95.6 Å². The average molecular weight is 550 g/mol. The second-order valence-corrected chi connectivity index (χ2v) is 12.6. The zero-order valence-corrected chi connectivity index (χ0v) is 24.5. The molecule has 1 N–H and O–H groups in total. The van der Waals surface area contributed by atoms with Gasteiger partial charge in [-0.25, -0.2) is 8.42 Å². The maximum absolute atomic E-state index is 14.1. The van der Waals surface area contributed by atoms with Gasteiger partial charge in [-0.1, -0.05) is 67.6 Å². The Balaban J connectivity index is 2.09. The molecule has 0 saturated carbocycles. The Hall–Kier alpha value is -3.65. The predicted octanol–water partition coefficient (Wildman–Crippen LogP) is 5.22. The highest BCUT2D eigenvalue weighted by atomic mass is 32.2. The van der Waals surface area contributed by atoms with Crippen LogP contribution in [0.1, 0.15) is 50.8 Å². The van der Waals surface area contributed by atoms with Crippen molar-refractivity contribution in [3.8, 4) is 0 Å². The van der Waals surface area contributed by atoms with Crippen molar-refractivity contribution in [1.82, 2.24) is 10.2 Å². The highest BCUT2D eigenvalue weighted by Crippen LogP contribution is 2.27. The summed E-state index contributed by atoms with van der Waals surface area (Å²) in [7, 11) is -4.08. The van der Waals surface area contributed by atoms with Gasteiger partial charge in [-0.05, 0) is 75.9 Å². The minimum atomic E-state index is -4.08. The summed E-state index contributed by atoms with van der Waals surface area (Å²) in [5.41, 5.74) is 2.51. The molecule has 0 radical (unpaired) electrons. The van der Waals surface area contributed by atoms with E-state index in [1.54, 1.807) is 30.3 Å². The van der Waals surface area contributed by atoms with Crippen molar-refractivity contribution in [2.75, 3.05) is 10.8 Å². The molecule has 39 heavy (non-hydrogen) atoms. The molecule has 0 saturated heterocycles. The maximum Gasteiger partial charge on any atom is 0.264 e. The van der Waals surface area contributed by atoms with Gasteiger partial charge in [0.05, 0.1) is 10.6 Å². The topological polar surface area (TPSA) is 86.8 Å². The molecule has 8 heteroatoms. The van der Waals surface area contributed by atoms with E-state index >= 15 is 0 Å². The van der Waals surface area contributed by atoms with Crippen LogP contribution >= 0.6 is 0 Å². The van der Waals surface area contributed by atoms with Gasteiger partial charge in [0.1, 0.15) is 12.6 Å². The average Bonchev–Trinajstić information content (AvgIpc) is 2.88. The van der Waals surface area contributed by atoms with Gasteiger partial charge in [0.15, 0.2) is 0 Å². The molecule has 0 heterocycles. The van der Waals surface area contributed by atoms with Crippen LogP contribution in [-0.4, -0.2) is 43.3 Å². The van der Waals surface area contributed by atoms with Gasteiger partial charge in [-0.15, -0.1) is 0 Å². The fourth-order valence-electron chi connectivity index (χ4n) is 4.42. The highest BCUT2D eigenvalue weighted by molar-refractivity contribution is 7.92. The van der Waals surface area contributed by atoms with Crippen LogP contribution in [0.5, 0.6) is 0 Å². The first kappa shape index (κ1) is 29.9. The Bertz CT molecular complexity index is 1400. The SMILES string of the molecule is CC[C@H](C(=O)NC(C)(C)C)N(Cc1ccccc1C)C(=O)CN(c1ccccc1C)S(=O)(=O)c1ccccc1. The van der Waals surface area contributed by atoms with Crippen LogP contribution in [0, 0.1) is 13.8 Å². The Morgan fingerprint density at radius 3 is 1.97 bits per heavy atom. The zero-order valence-electron chi connectivity index (χ0n) is 23.6. The van der Waals surface area contributed by atoms with Crippen molar-refractivity contribution in [2.45, 2.75) is 71.0 Å². The van der Waals surface area contributed by atoms with E-state index in [9.17, 15) is 18.0 Å². The molecule has 0 bridgehead atoms. The number of hydrogen-bond donors (Lipinski definition) is 1. The van der Waals surface area contributed by atoms with Crippen LogP contribution in [0.25, 0.3) is 0 Å². The summed E-state index contributed by atoms with van der Waals surface area (Å²) >= 11 is 0. The summed E-state index contributed by atoms with van der Waals surface area (Å²) in [6.45, 7) is 11.0. The molecule has 3 aromatic carbocycles. The van der Waals surface area contributed by atoms with E-state index in [-0.39, 0.29) is 17.3 Å². The molecule has 0 aliphatic rings. The quantitative estimate of drug-likeness (QED) is 0.376. The minimum Gasteiger partial charge on any atom is -0.350 e. The van der Waals surface area contributed by atoms with Crippen molar-refractivity contribution >= 4 is 27.5 Å². The number of benzene rings is 3. The molecule has 208 valence electrons. The van der Waals surface area contributed by atoms with E-state index in [1.165, 1.54) is 17.0 Å². The standard InChI is InChI=1S/C31H39N3O4S/c1-7-27(30(36)32-31(4,5)6)33(21-25-17-13-11-15-23(25)2)29(35)22-34(28-20-14-12-16-24(28)3)39(37,38)26-18-9-8-10-19-26/h8-20,27H,7,21-22H2,1-6H3,(H,32,36)/t27-/m1/s1. The van der Waals surface area contributed by atoms with E-state index in [1.807, 2.05) is 77.9 Å². The molecule has 0 aliphatic carbocycles. The number of hydrogen-bond acceptors (Lipinski definition) is 4. The van der Waals surface area contributed by atoms with Gasteiger partial charge in [0.25, 0.3) is 10.0 Å². The molecule has 1 atom stereocenters. The van der Waals surface area contributed by atoms with Gasteiger partial charge in [0.2, 0.25) is 11.8 Å². The van der Waals surface area contributed by atoms with Gasteiger partial charge < -0.3 is 10.2 Å². The fraction of sp³-hybridized carbons (Fsp3) is 0.355. The summed E-state index contributed by atoms with van der Waals surface area (Å²) < 4.78 is 28.9. The lowest BCUT2D eigenvalue weighted by molar-refractivity contribution is -0.141. The number of nitrogens with one attached hydrogen (secondary N) is 1. The van der Waals surface area contributed by atoms with Gasteiger partial charge >= 0.3 is 0 Å². The first-order valence-electron chi connectivity index (χ1n) is 13.1. The molecule has 0 fully saturated rings. The molecule has 7 nitrogen and oxygen atoms in total. The number of carbonyl (C=O) groups is 2. The third-order valence-corrected chi connectivity index (χ3v) is 8.25. The largest absolute Gasteiger partial charge is 0.350 e. The number of amides is 2. The van der Waals surface area contributed by atoms with Gasteiger partial charge in [-0.2, -0.15) is 0 Å². The molecule has 3 rings (SSSR count). The molecule has 3 aromatic rings. The number of carbonyl (C=O) groups excluding carboxylic acids is 2. The smallest absolute Gasteiger partial charge is 0.264 e. The number of rotatable bonds is 10. The number of sulfonamides is 1. The van der Waals surface area contributed by atoms with Crippen LogP contribution in [0.3, 0.4) is 0 Å². The summed E-state index contributed by atoms with van der Waals surface area (Å²) in [4.78, 5) is 29.1. The van der Waals surface area contributed by atoms with E-state index in [0.717, 1.165) is 15.4 Å². The van der Waals surface area contributed by atoms with E-state index in [2.05, 4.69) is 5.32 Å². The maximum atomic E-state index is 14.1. The minimum absolute atomic E-state index is 0.0871. The van der Waals surface area contributed by atoms with Crippen LogP contribution < -0.4 is 9.62 Å². The number of para-hydroxylation sites is 1. The lowest BCUT2D eigenvalue weighted by Crippen LogP contribution is -2.55. The second kappa shape index (κ2) is 12.5. The van der Waals surface area contributed by atoms with Gasteiger partial charge in [0, 0.05) is 12.1 Å². The Morgan fingerprint density at radius 1 is 0.846 bits per heavy atom. The fourth-order valence-corrected chi connectivity index (χ4v) is 5.92. The van der Waals surface area contributed by atoms with Crippen molar-refractivity contribution in [2.24, 2.45) is 0 Å².